The Morgan fingerprint density at radius 2 is 2.14 bits per heavy atom. The molecule has 6 N–H and O–H groups in total. The lowest BCUT2D eigenvalue weighted by Gasteiger charge is -2.17. The Hall–Kier alpha value is -1.33. The van der Waals surface area contributed by atoms with Crippen molar-refractivity contribution in [1.82, 2.24) is 9.55 Å². The molecule has 1 aromatic rings. The van der Waals surface area contributed by atoms with Crippen molar-refractivity contribution in [1.29, 1.82) is 0 Å². The lowest BCUT2D eigenvalue weighted by Crippen LogP contribution is -2.42. The predicted molar refractivity (Wildman–Crippen MR) is 67.2 cm³/mol. The van der Waals surface area contributed by atoms with Gasteiger partial charge in [0.25, 0.3) is 5.56 Å². The van der Waals surface area contributed by atoms with Crippen LogP contribution < -0.4 is 17.0 Å². The number of hydrogen-bond donors (Lipinski definition) is 5. The lowest BCUT2D eigenvalue weighted by molar-refractivity contribution is -0.0456. The molecule has 2 heterocycles. The maximum absolute atomic E-state index is 11.6. The van der Waals surface area contributed by atoms with E-state index in [2.05, 4.69) is 4.52 Å². The molecule has 4 atom stereocenters. The minimum Gasteiger partial charge on any atom is -0.389 e. The summed E-state index contributed by atoms with van der Waals surface area (Å²) < 4.78 is 21.1. The normalized spacial score (nSPS) is 29.7. The second-order valence-electron chi connectivity index (χ2n) is 4.44. The molecule has 0 radical (unpaired) electrons. The highest BCUT2D eigenvalue weighted by atomic mass is 31.2. The number of aliphatic hydroxyl groups is 1. The van der Waals surface area contributed by atoms with E-state index in [1.54, 1.807) is 0 Å². The molecule has 2 unspecified atom stereocenters. The maximum atomic E-state index is 11.6. The van der Waals surface area contributed by atoms with Crippen molar-refractivity contribution in [2.75, 3.05) is 6.61 Å². The number of nitrogens with two attached hydrogens (primary N) is 1. The third-order valence-corrected chi connectivity index (χ3v) is 3.44. The summed E-state index contributed by atoms with van der Waals surface area (Å²) >= 11 is 0. The summed E-state index contributed by atoms with van der Waals surface area (Å²) in [6.07, 6.45) is -2.39. The summed E-state index contributed by atoms with van der Waals surface area (Å²) in [4.78, 5) is 41.8. The van der Waals surface area contributed by atoms with Crippen molar-refractivity contribution >= 4 is 7.82 Å². The van der Waals surface area contributed by atoms with Gasteiger partial charge in [-0.25, -0.2) is 9.36 Å². The van der Waals surface area contributed by atoms with Gasteiger partial charge in [0, 0.05) is 12.3 Å². The van der Waals surface area contributed by atoms with Crippen LogP contribution in [-0.4, -0.2) is 49.3 Å². The van der Waals surface area contributed by atoms with E-state index in [-0.39, 0.29) is 0 Å². The van der Waals surface area contributed by atoms with Crippen molar-refractivity contribution in [3.63, 3.8) is 0 Å². The van der Waals surface area contributed by atoms with E-state index in [0.717, 1.165) is 16.8 Å². The Morgan fingerprint density at radius 3 is 2.71 bits per heavy atom. The average molecular weight is 323 g/mol. The van der Waals surface area contributed by atoms with E-state index in [0.29, 0.717) is 0 Å². The molecular formula is C9H14N3O8P. The zero-order valence-corrected chi connectivity index (χ0v) is 11.4. The maximum Gasteiger partial charge on any atom is 0.469 e. The number of phosphoric ester groups is 1. The van der Waals surface area contributed by atoms with Crippen LogP contribution in [-0.2, 0) is 13.8 Å². The van der Waals surface area contributed by atoms with Crippen LogP contribution in [0.25, 0.3) is 0 Å². The van der Waals surface area contributed by atoms with Gasteiger partial charge in [0.1, 0.15) is 12.2 Å². The quantitative estimate of drug-likeness (QED) is 0.367. The third-order valence-electron chi connectivity index (χ3n) is 2.95. The number of nitrogens with zero attached hydrogens (tertiary/aromatic N) is 1. The van der Waals surface area contributed by atoms with Crippen LogP contribution in [0, 0.1) is 0 Å². The summed E-state index contributed by atoms with van der Waals surface area (Å²) in [6.45, 7) is -0.603. The number of H-pyrrole nitrogens is 1. The summed E-state index contributed by atoms with van der Waals surface area (Å²) in [7, 11) is -4.72. The van der Waals surface area contributed by atoms with Crippen molar-refractivity contribution < 1.29 is 28.7 Å². The van der Waals surface area contributed by atoms with Crippen LogP contribution in [0.1, 0.15) is 6.23 Å². The highest BCUT2D eigenvalue weighted by Gasteiger charge is 2.43. The Bertz CT molecular complexity index is 665. The molecule has 0 saturated carbocycles. The van der Waals surface area contributed by atoms with Gasteiger partial charge in [-0.05, 0) is 0 Å². The number of nitrogens with one attached hydrogen (secondary N) is 1. The second kappa shape index (κ2) is 5.81. The van der Waals surface area contributed by atoms with Crippen LogP contribution in [0.4, 0.5) is 0 Å². The van der Waals surface area contributed by atoms with Crippen LogP contribution >= 0.6 is 7.82 Å². The zero-order chi connectivity index (χ0) is 15.8. The summed E-state index contributed by atoms with van der Waals surface area (Å²) in [5, 5.41) is 9.86. The molecule has 21 heavy (non-hydrogen) atoms. The van der Waals surface area contributed by atoms with E-state index in [1.165, 1.54) is 0 Å². The fraction of sp³-hybridized carbons (Fsp3) is 0.556. The van der Waals surface area contributed by atoms with Gasteiger partial charge < -0.3 is 25.4 Å². The first-order valence-corrected chi connectivity index (χ1v) is 7.33. The largest absolute Gasteiger partial charge is 0.469 e. The number of aromatic amines is 1. The number of rotatable bonds is 4. The van der Waals surface area contributed by atoms with E-state index < -0.39 is 50.2 Å². The summed E-state index contributed by atoms with van der Waals surface area (Å²) in [5.41, 5.74) is 4.32. The van der Waals surface area contributed by atoms with Crippen molar-refractivity contribution in [2.24, 2.45) is 5.73 Å². The van der Waals surface area contributed by atoms with Gasteiger partial charge in [-0.2, -0.15) is 0 Å². The highest BCUT2D eigenvalue weighted by molar-refractivity contribution is 7.46. The fourth-order valence-corrected chi connectivity index (χ4v) is 2.30. The molecule has 0 aromatic carbocycles. The lowest BCUT2D eigenvalue weighted by atomic mass is 10.1. The van der Waals surface area contributed by atoms with Gasteiger partial charge in [0.2, 0.25) is 0 Å². The van der Waals surface area contributed by atoms with Crippen LogP contribution in [0.3, 0.4) is 0 Å². The molecule has 2 rings (SSSR count). The molecule has 0 bridgehead atoms. The Morgan fingerprint density at radius 1 is 1.48 bits per heavy atom. The molecule has 1 aromatic heterocycles. The van der Waals surface area contributed by atoms with E-state index in [1.807, 2.05) is 4.98 Å². The van der Waals surface area contributed by atoms with Crippen molar-refractivity contribution in [2.45, 2.75) is 24.5 Å². The molecule has 1 saturated heterocycles. The average Bonchev–Trinajstić information content (AvgIpc) is 2.64. The van der Waals surface area contributed by atoms with Gasteiger partial charge in [0.05, 0.1) is 12.6 Å². The highest BCUT2D eigenvalue weighted by Crippen LogP contribution is 2.37. The molecule has 1 aliphatic rings. The van der Waals surface area contributed by atoms with Crippen LogP contribution in [0.2, 0.25) is 0 Å². The first-order chi connectivity index (χ1) is 9.69. The standard InChI is InChI=1S/C9H14N3O8P/c10-6-7(14)4(3-19-21(16,17)18)20-8(6)12-2-1-5(13)11-9(12)15/h1-2,4,6-8,14H,3,10H2,(H,11,13,15)(H2,16,17,18)/t4-,6?,7?,8-/m0/s1. The SMILES string of the molecule is NC1C(O)[C@H](COP(=O)(O)O)O[C@@H]1n1ccc(=O)[nH]c1=O. The van der Waals surface area contributed by atoms with E-state index >= 15 is 0 Å². The molecule has 118 valence electrons. The third kappa shape index (κ3) is 3.66. The number of hydrogen-bond acceptors (Lipinski definition) is 7. The molecular weight excluding hydrogens is 309 g/mol. The van der Waals surface area contributed by atoms with Crippen molar-refractivity contribution in [3.05, 3.63) is 33.1 Å². The molecule has 11 nitrogen and oxygen atoms in total. The van der Waals surface area contributed by atoms with Crippen LogP contribution in [0.15, 0.2) is 21.9 Å². The Labute approximate surface area is 117 Å². The first-order valence-electron chi connectivity index (χ1n) is 5.80. The monoisotopic (exact) mass is 323 g/mol. The van der Waals surface area contributed by atoms with Gasteiger partial charge in [-0.3, -0.25) is 18.9 Å². The fourth-order valence-electron chi connectivity index (χ4n) is 1.95. The number of phosphoric acid groups is 1. The number of aliphatic hydroxyl groups excluding tert-OH is 1. The smallest absolute Gasteiger partial charge is 0.389 e. The second-order valence-corrected chi connectivity index (χ2v) is 5.68. The molecule has 12 heteroatoms. The van der Waals surface area contributed by atoms with Gasteiger partial charge in [-0.1, -0.05) is 0 Å². The number of ether oxygens (including phenoxy) is 1. The molecule has 1 fully saturated rings. The Kier molecular flexibility index (Phi) is 4.44. The van der Waals surface area contributed by atoms with Crippen LogP contribution in [0.5, 0.6) is 0 Å². The molecule has 0 aliphatic carbocycles. The summed E-state index contributed by atoms with van der Waals surface area (Å²) in [5.74, 6) is 0. The zero-order valence-electron chi connectivity index (χ0n) is 10.5. The predicted octanol–water partition coefficient (Wildman–Crippen LogP) is -2.77. The minimum absolute atomic E-state index is 0.603. The van der Waals surface area contributed by atoms with Gasteiger partial charge in [0.15, 0.2) is 6.23 Å². The van der Waals surface area contributed by atoms with Gasteiger partial charge >= 0.3 is 13.5 Å². The molecule has 0 spiro atoms. The first kappa shape index (κ1) is 16.0. The van der Waals surface area contributed by atoms with Crippen molar-refractivity contribution in [3.8, 4) is 0 Å². The topological polar surface area (TPSA) is 177 Å². The Balaban J connectivity index is 2.18. The van der Waals surface area contributed by atoms with Gasteiger partial charge in [-0.15, -0.1) is 0 Å². The van der Waals surface area contributed by atoms with E-state index in [9.17, 15) is 19.3 Å². The molecule has 0 amide bonds. The number of aromatic nitrogens is 2. The summed E-state index contributed by atoms with van der Waals surface area (Å²) in [6, 6.07) is 0.0301. The van der Waals surface area contributed by atoms with E-state index in [4.69, 9.17) is 20.3 Å². The molecule has 1 aliphatic heterocycles. The minimum atomic E-state index is -4.72.